The van der Waals surface area contributed by atoms with Crippen molar-refractivity contribution in [2.24, 2.45) is 0 Å². The molecule has 21 heavy (non-hydrogen) atoms. The van der Waals surface area contributed by atoms with Gasteiger partial charge in [-0.3, -0.25) is 4.72 Å². The summed E-state index contributed by atoms with van der Waals surface area (Å²) in [5, 5.41) is 9.00. The maximum atomic E-state index is 12.2. The maximum Gasteiger partial charge on any atom is 0.236 e. The van der Waals surface area contributed by atoms with Crippen molar-refractivity contribution in [1.82, 2.24) is 0 Å². The minimum Gasteiger partial charge on any atom is -0.283 e. The van der Waals surface area contributed by atoms with Crippen LogP contribution in [0.15, 0.2) is 48.5 Å². The number of hydrogen-bond donors (Lipinski definition) is 1. The molecule has 2 aromatic carbocycles. The molecule has 0 spiro atoms. The predicted octanol–water partition coefficient (Wildman–Crippen LogP) is 3.06. The average Bonchev–Trinajstić information content (AvgIpc) is 2.47. The van der Waals surface area contributed by atoms with E-state index in [0.29, 0.717) is 16.8 Å². The lowest BCUT2D eigenvalue weighted by molar-refractivity contribution is 0.600. The fraction of sp³-hybridized carbons (Fsp3) is 0.188. The Morgan fingerprint density at radius 1 is 1.10 bits per heavy atom. The van der Waals surface area contributed by atoms with Gasteiger partial charge in [-0.25, -0.2) is 8.42 Å². The lowest BCUT2D eigenvalue weighted by Gasteiger charge is -2.09. The number of nitriles is 1. The van der Waals surface area contributed by atoms with Crippen molar-refractivity contribution in [3.8, 4) is 6.07 Å². The van der Waals surface area contributed by atoms with Crippen LogP contribution in [0.2, 0.25) is 0 Å². The highest BCUT2D eigenvalue weighted by Gasteiger charge is 2.14. The number of sulfonamides is 1. The van der Waals surface area contributed by atoms with Crippen molar-refractivity contribution in [3.63, 3.8) is 0 Å². The van der Waals surface area contributed by atoms with E-state index in [4.69, 9.17) is 5.26 Å². The molecule has 0 aliphatic carbocycles. The molecule has 2 aromatic rings. The zero-order chi connectivity index (χ0) is 15.3. The molecule has 5 heteroatoms. The van der Waals surface area contributed by atoms with E-state index in [1.54, 1.807) is 36.4 Å². The van der Waals surface area contributed by atoms with Crippen LogP contribution < -0.4 is 4.72 Å². The van der Waals surface area contributed by atoms with Crippen LogP contribution in [0.3, 0.4) is 0 Å². The standard InChI is InChI=1S/C16H16N2O2S/c1-2-13-7-9-16(10-8-13)18-21(19,20)12-15-6-4-3-5-14(15)11-17/h3-10,18H,2,12H2,1H3. The maximum absolute atomic E-state index is 12.2. The fourth-order valence-corrected chi connectivity index (χ4v) is 3.21. The molecule has 0 saturated carbocycles. The van der Waals surface area contributed by atoms with E-state index in [0.717, 1.165) is 12.0 Å². The summed E-state index contributed by atoms with van der Waals surface area (Å²) in [7, 11) is -3.54. The largest absolute Gasteiger partial charge is 0.283 e. The van der Waals surface area contributed by atoms with Crippen LogP contribution in [0.5, 0.6) is 0 Å². The second kappa shape index (κ2) is 6.42. The molecular weight excluding hydrogens is 284 g/mol. The molecule has 0 saturated heterocycles. The van der Waals surface area contributed by atoms with Crippen molar-refractivity contribution in [3.05, 3.63) is 65.2 Å². The summed E-state index contributed by atoms with van der Waals surface area (Å²) in [6.07, 6.45) is 0.905. The topological polar surface area (TPSA) is 70.0 Å². The molecule has 0 aliphatic rings. The lowest BCUT2D eigenvalue weighted by Crippen LogP contribution is -2.15. The van der Waals surface area contributed by atoms with Gasteiger partial charge in [-0.1, -0.05) is 37.3 Å². The first kappa shape index (κ1) is 15.1. The molecule has 4 nitrogen and oxygen atoms in total. The van der Waals surface area contributed by atoms with Crippen LogP contribution in [0.1, 0.15) is 23.6 Å². The van der Waals surface area contributed by atoms with Gasteiger partial charge in [0.2, 0.25) is 10.0 Å². The highest BCUT2D eigenvalue weighted by Crippen LogP contribution is 2.16. The van der Waals surface area contributed by atoms with Crippen LogP contribution >= 0.6 is 0 Å². The Morgan fingerprint density at radius 3 is 2.38 bits per heavy atom. The Morgan fingerprint density at radius 2 is 1.76 bits per heavy atom. The molecule has 2 rings (SSSR count). The Balaban J connectivity index is 2.17. The molecule has 0 fully saturated rings. The molecule has 0 aliphatic heterocycles. The Labute approximate surface area is 125 Å². The van der Waals surface area contributed by atoms with Crippen molar-refractivity contribution in [1.29, 1.82) is 5.26 Å². The summed E-state index contributed by atoms with van der Waals surface area (Å²) < 4.78 is 26.9. The SMILES string of the molecule is CCc1ccc(NS(=O)(=O)Cc2ccccc2C#N)cc1. The lowest BCUT2D eigenvalue weighted by atomic mass is 10.1. The highest BCUT2D eigenvalue weighted by atomic mass is 32.2. The first-order valence-electron chi connectivity index (χ1n) is 6.61. The van der Waals surface area contributed by atoms with Gasteiger partial charge in [-0.05, 0) is 35.7 Å². The summed E-state index contributed by atoms with van der Waals surface area (Å²) in [4.78, 5) is 0. The van der Waals surface area contributed by atoms with Crippen molar-refractivity contribution in [2.45, 2.75) is 19.1 Å². The van der Waals surface area contributed by atoms with Crippen LogP contribution in [0, 0.1) is 11.3 Å². The monoisotopic (exact) mass is 300 g/mol. The third-order valence-corrected chi connectivity index (χ3v) is 4.36. The van der Waals surface area contributed by atoms with Gasteiger partial charge in [0, 0.05) is 5.69 Å². The third-order valence-electron chi connectivity index (χ3n) is 3.12. The molecule has 108 valence electrons. The van der Waals surface area contributed by atoms with Crippen LogP contribution in [-0.2, 0) is 22.2 Å². The number of aryl methyl sites for hydroxylation is 1. The number of anilines is 1. The molecule has 0 radical (unpaired) electrons. The average molecular weight is 300 g/mol. The molecule has 0 bridgehead atoms. The van der Waals surface area contributed by atoms with E-state index in [9.17, 15) is 8.42 Å². The second-order valence-electron chi connectivity index (χ2n) is 4.68. The highest BCUT2D eigenvalue weighted by molar-refractivity contribution is 7.91. The summed E-state index contributed by atoms with van der Waals surface area (Å²) >= 11 is 0. The molecule has 0 atom stereocenters. The van der Waals surface area contributed by atoms with Crippen LogP contribution in [0.4, 0.5) is 5.69 Å². The van der Waals surface area contributed by atoms with Crippen molar-refractivity contribution in [2.75, 3.05) is 4.72 Å². The molecule has 0 unspecified atom stereocenters. The summed E-state index contributed by atoms with van der Waals surface area (Å²) in [5.74, 6) is -0.216. The number of benzene rings is 2. The van der Waals surface area contributed by atoms with Crippen molar-refractivity contribution < 1.29 is 8.42 Å². The molecule has 0 amide bonds. The van der Waals surface area contributed by atoms with Gasteiger partial charge in [0.05, 0.1) is 17.4 Å². The Hall–Kier alpha value is -2.32. The minimum absolute atomic E-state index is 0.216. The van der Waals surface area contributed by atoms with E-state index in [2.05, 4.69) is 4.72 Å². The number of nitrogens with zero attached hydrogens (tertiary/aromatic N) is 1. The van der Waals surface area contributed by atoms with Crippen LogP contribution in [-0.4, -0.2) is 8.42 Å². The number of nitrogens with one attached hydrogen (secondary N) is 1. The van der Waals surface area contributed by atoms with Gasteiger partial charge in [0.25, 0.3) is 0 Å². The van der Waals surface area contributed by atoms with E-state index >= 15 is 0 Å². The van der Waals surface area contributed by atoms with Crippen molar-refractivity contribution >= 4 is 15.7 Å². The first-order valence-corrected chi connectivity index (χ1v) is 8.26. The summed E-state index contributed by atoms with van der Waals surface area (Å²) in [6.45, 7) is 2.04. The van der Waals surface area contributed by atoms with E-state index < -0.39 is 10.0 Å². The molecule has 0 heterocycles. The van der Waals surface area contributed by atoms with Gasteiger partial charge in [0.1, 0.15) is 0 Å². The Kier molecular flexibility index (Phi) is 4.61. The van der Waals surface area contributed by atoms with Gasteiger partial charge < -0.3 is 0 Å². The molecule has 0 aromatic heterocycles. The van der Waals surface area contributed by atoms with Gasteiger partial charge in [0.15, 0.2) is 0 Å². The third kappa shape index (κ3) is 4.07. The second-order valence-corrected chi connectivity index (χ2v) is 6.40. The van der Waals surface area contributed by atoms with Gasteiger partial charge >= 0.3 is 0 Å². The zero-order valence-electron chi connectivity index (χ0n) is 11.7. The zero-order valence-corrected chi connectivity index (χ0v) is 12.5. The normalized spacial score (nSPS) is 10.9. The van der Waals surface area contributed by atoms with Gasteiger partial charge in [-0.15, -0.1) is 0 Å². The van der Waals surface area contributed by atoms with Crippen LogP contribution in [0.25, 0.3) is 0 Å². The van der Waals surface area contributed by atoms with E-state index in [-0.39, 0.29) is 5.75 Å². The smallest absolute Gasteiger partial charge is 0.236 e. The van der Waals surface area contributed by atoms with E-state index in [1.807, 2.05) is 25.1 Å². The predicted molar refractivity (Wildman–Crippen MR) is 83.2 cm³/mol. The number of rotatable bonds is 5. The molecule has 1 N–H and O–H groups in total. The summed E-state index contributed by atoms with van der Waals surface area (Å²) in [6, 6.07) is 16.0. The fourth-order valence-electron chi connectivity index (χ4n) is 1.98. The number of hydrogen-bond acceptors (Lipinski definition) is 3. The Bertz CT molecular complexity index is 760. The van der Waals surface area contributed by atoms with E-state index in [1.165, 1.54) is 0 Å². The minimum atomic E-state index is -3.54. The first-order chi connectivity index (χ1) is 10.0. The van der Waals surface area contributed by atoms with Gasteiger partial charge in [-0.2, -0.15) is 5.26 Å². The quantitative estimate of drug-likeness (QED) is 0.922. The summed E-state index contributed by atoms with van der Waals surface area (Å²) in [5.41, 5.74) is 2.55. The molecular formula is C16H16N2O2S.